The van der Waals surface area contributed by atoms with Crippen molar-refractivity contribution in [3.63, 3.8) is 0 Å². The maximum atomic E-state index is 13.0. The first-order valence-electron chi connectivity index (χ1n) is 9.47. The molecule has 1 atom stereocenters. The predicted molar refractivity (Wildman–Crippen MR) is 112 cm³/mol. The van der Waals surface area contributed by atoms with Crippen LogP contribution in [0.15, 0.2) is 84.7 Å². The van der Waals surface area contributed by atoms with Gasteiger partial charge in [0.05, 0.1) is 18.7 Å². The lowest BCUT2D eigenvalue weighted by molar-refractivity contribution is -0.140. The van der Waals surface area contributed by atoms with Crippen molar-refractivity contribution in [2.75, 3.05) is 7.11 Å². The van der Waals surface area contributed by atoms with Crippen molar-refractivity contribution in [3.05, 3.63) is 101 Å². The second kappa shape index (κ2) is 8.21. The molecule has 150 valence electrons. The maximum absolute atomic E-state index is 13.0. The summed E-state index contributed by atoms with van der Waals surface area (Å²) < 4.78 is 5.33. The normalized spacial score (nSPS) is 17.9. The number of hydrogen-bond acceptors (Lipinski definition) is 5. The van der Waals surface area contributed by atoms with Gasteiger partial charge in [0.15, 0.2) is 0 Å². The van der Waals surface area contributed by atoms with Crippen molar-refractivity contribution in [3.8, 4) is 5.75 Å². The summed E-state index contributed by atoms with van der Waals surface area (Å²) in [5.74, 6) is -0.980. The van der Waals surface area contributed by atoms with E-state index in [9.17, 15) is 14.7 Å². The fourth-order valence-electron chi connectivity index (χ4n) is 3.64. The van der Waals surface area contributed by atoms with Crippen LogP contribution in [0.3, 0.4) is 0 Å². The molecule has 30 heavy (non-hydrogen) atoms. The number of aliphatic hydroxyl groups is 1. The second-order valence-electron chi connectivity index (χ2n) is 6.93. The Balaban J connectivity index is 1.87. The first-order chi connectivity index (χ1) is 14.6. The lowest BCUT2D eigenvalue weighted by atomic mass is 9.95. The van der Waals surface area contributed by atoms with Crippen LogP contribution in [0.5, 0.6) is 5.75 Å². The molecular formula is C24H20N2O4. The molecule has 0 bridgehead atoms. The molecule has 1 N–H and O–H groups in total. The molecule has 1 aliphatic heterocycles. The molecule has 1 aromatic heterocycles. The summed E-state index contributed by atoms with van der Waals surface area (Å²) in [4.78, 5) is 31.5. The van der Waals surface area contributed by atoms with Crippen molar-refractivity contribution < 1.29 is 19.4 Å². The number of methoxy groups -OCH3 is 1. The van der Waals surface area contributed by atoms with Crippen molar-refractivity contribution in [2.45, 2.75) is 12.6 Å². The fraction of sp³-hybridized carbons (Fsp3) is 0.125. The number of aliphatic hydroxyl groups excluding tert-OH is 1. The van der Waals surface area contributed by atoms with E-state index in [0.29, 0.717) is 16.9 Å². The van der Waals surface area contributed by atoms with Crippen LogP contribution in [0, 0.1) is 0 Å². The highest BCUT2D eigenvalue weighted by Crippen LogP contribution is 2.40. The van der Waals surface area contributed by atoms with Gasteiger partial charge >= 0.3 is 0 Å². The summed E-state index contributed by atoms with van der Waals surface area (Å²) in [6, 6.07) is 18.8. The molecule has 1 saturated heterocycles. The predicted octanol–water partition coefficient (Wildman–Crippen LogP) is 3.71. The lowest BCUT2D eigenvalue weighted by Gasteiger charge is -2.25. The summed E-state index contributed by atoms with van der Waals surface area (Å²) in [5, 5.41) is 11.0. The molecular weight excluding hydrogens is 380 g/mol. The Morgan fingerprint density at radius 1 is 1.07 bits per heavy atom. The van der Waals surface area contributed by atoms with Crippen LogP contribution >= 0.6 is 0 Å². The zero-order valence-electron chi connectivity index (χ0n) is 16.4. The van der Waals surface area contributed by atoms with Gasteiger partial charge in [0.25, 0.3) is 11.7 Å². The summed E-state index contributed by atoms with van der Waals surface area (Å²) in [6.07, 6.45) is 3.30. The van der Waals surface area contributed by atoms with E-state index >= 15 is 0 Å². The average molecular weight is 400 g/mol. The average Bonchev–Trinajstić information content (AvgIpc) is 3.05. The Bertz CT molecular complexity index is 1110. The Morgan fingerprint density at radius 3 is 2.57 bits per heavy atom. The van der Waals surface area contributed by atoms with E-state index in [-0.39, 0.29) is 17.9 Å². The van der Waals surface area contributed by atoms with E-state index in [1.807, 2.05) is 18.2 Å². The van der Waals surface area contributed by atoms with Crippen LogP contribution in [0.25, 0.3) is 5.76 Å². The number of carbonyl (C=O) groups is 2. The van der Waals surface area contributed by atoms with Crippen LogP contribution in [0.2, 0.25) is 0 Å². The summed E-state index contributed by atoms with van der Waals surface area (Å²) in [6.45, 7) is 0.186. The zero-order chi connectivity index (χ0) is 21.1. The molecule has 0 unspecified atom stereocenters. The molecule has 6 heteroatoms. The Hall–Kier alpha value is -3.93. The topological polar surface area (TPSA) is 79.7 Å². The fourth-order valence-corrected chi connectivity index (χ4v) is 3.64. The van der Waals surface area contributed by atoms with Crippen LogP contribution in [0.1, 0.15) is 22.7 Å². The first-order valence-corrected chi connectivity index (χ1v) is 9.47. The third kappa shape index (κ3) is 3.55. The van der Waals surface area contributed by atoms with Crippen LogP contribution < -0.4 is 4.74 Å². The molecule has 6 nitrogen and oxygen atoms in total. The molecule has 4 rings (SSSR count). The Kier molecular flexibility index (Phi) is 5.30. The number of pyridine rings is 1. The minimum Gasteiger partial charge on any atom is -0.507 e. The molecule has 1 amide bonds. The van der Waals surface area contributed by atoms with Crippen molar-refractivity contribution >= 4 is 17.4 Å². The number of amides is 1. The van der Waals surface area contributed by atoms with Crippen LogP contribution in [0.4, 0.5) is 0 Å². The van der Waals surface area contributed by atoms with E-state index in [1.165, 1.54) is 4.90 Å². The van der Waals surface area contributed by atoms with Crippen LogP contribution in [-0.4, -0.2) is 33.8 Å². The number of ether oxygens (including phenoxy) is 1. The highest BCUT2D eigenvalue weighted by Gasteiger charge is 2.46. The summed E-state index contributed by atoms with van der Waals surface area (Å²) in [7, 11) is 1.55. The van der Waals surface area contributed by atoms with E-state index in [4.69, 9.17) is 4.74 Å². The quantitative estimate of drug-likeness (QED) is 0.401. The second-order valence-corrected chi connectivity index (χ2v) is 6.93. The van der Waals surface area contributed by atoms with Crippen molar-refractivity contribution in [1.29, 1.82) is 0 Å². The SMILES string of the molecule is COc1cccc([C@@H]2C(=C(O)c3ccccc3)C(=O)C(=O)N2Cc2cccnc2)c1. The van der Waals surface area contributed by atoms with Gasteiger partial charge < -0.3 is 14.7 Å². The van der Waals surface area contributed by atoms with Gasteiger partial charge in [0.2, 0.25) is 0 Å². The number of carbonyl (C=O) groups excluding carboxylic acids is 2. The van der Waals surface area contributed by atoms with Gasteiger partial charge in [-0.2, -0.15) is 0 Å². The number of nitrogens with zero attached hydrogens (tertiary/aromatic N) is 2. The van der Waals surface area contributed by atoms with Gasteiger partial charge in [-0.3, -0.25) is 14.6 Å². The monoisotopic (exact) mass is 400 g/mol. The summed E-state index contributed by atoms with van der Waals surface area (Å²) in [5.41, 5.74) is 2.00. The standard InChI is InChI=1S/C24H20N2O4/c1-30-19-11-5-10-18(13-19)21-20(22(27)17-8-3-2-4-9-17)23(28)24(29)26(21)15-16-7-6-12-25-14-16/h2-14,21,27H,15H2,1H3/t21-/m1/s1. The highest BCUT2D eigenvalue weighted by atomic mass is 16.5. The van der Waals surface area contributed by atoms with Gasteiger partial charge in [0.1, 0.15) is 11.5 Å². The smallest absolute Gasteiger partial charge is 0.295 e. The molecule has 1 aliphatic rings. The minimum atomic E-state index is -0.750. The van der Waals surface area contributed by atoms with Gasteiger partial charge in [-0.15, -0.1) is 0 Å². The van der Waals surface area contributed by atoms with E-state index in [2.05, 4.69) is 4.98 Å². The molecule has 0 spiro atoms. The largest absolute Gasteiger partial charge is 0.507 e. The minimum absolute atomic E-state index is 0.0587. The number of rotatable bonds is 5. The molecule has 0 radical (unpaired) electrons. The third-order valence-electron chi connectivity index (χ3n) is 5.07. The Labute approximate surface area is 174 Å². The molecule has 0 aliphatic carbocycles. The summed E-state index contributed by atoms with van der Waals surface area (Å²) >= 11 is 0. The van der Waals surface area contributed by atoms with E-state index < -0.39 is 17.7 Å². The maximum Gasteiger partial charge on any atom is 0.295 e. The van der Waals surface area contributed by atoms with E-state index in [1.54, 1.807) is 68.0 Å². The number of likely N-dealkylation sites (tertiary alicyclic amines) is 1. The number of hydrogen-bond donors (Lipinski definition) is 1. The Morgan fingerprint density at radius 2 is 1.87 bits per heavy atom. The number of ketones is 1. The van der Waals surface area contributed by atoms with Gasteiger partial charge in [-0.25, -0.2) is 0 Å². The molecule has 0 saturated carbocycles. The lowest BCUT2D eigenvalue weighted by Crippen LogP contribution is -2.29. The highest BCUT2D eigenvalue weighted by molar-refractivity contribution is 6.46. The molecule has 1 fully saturated rings. The molecule has 2 aromatic carbocycles. The van der Waals surface area contributed by atoms with Crippen molar-refractivity contribution in [1.82, 2.24) is 9.88 Å². The first kappa shape index (κ1) is 19.4. The van der Waals surface area contributed by atoms with Gasteiger partial charge in [-0.05, 0) is 29.3 Å². The van der Waals surface area contributed by atoms with Crippen molar-refractivity contribution in [2.24, 2.45) is 0 Å². The molecule has 3 aromatic rings. The number of Topliss-reactive ketones (excluding diaryl/α,β-unsaturated/α-hetero) is 1. The zero-order valence-corrected chi connectivity index (χ0v) is 16.4. The van der Waals surface area contributed by atoms with E-state index in [0.717, 1.165) is 5.56 Å². The van der Waals surface area contributed by atoms with Gasteiger partial charge in [-0.1, -0.05) is 48.5 Å². The number of aromatic nitrogens is 1. The van der Waals surface area contributed by atoms with Gasteiger partial charge in [0, 0.05) is 24.5 Å². The number of benzene rings is 2. The molecule has 2 heterocycles. The third-order valence-corrected chi connectivity index (χ3v) is 5.07. The van der Waals surface area contributed by atoms with Crippen LogP contribution in [-0.2, 0) is 16.1 Å².